The molecule has 1 N–H and O–H groups in total. The summed E-state index contributed by atoms with van der Waals surface area (Å²) < 4.78 is 0. The molecule has 0 amide bonds. The van der Waals surface area contributed by atoms with Crippen LogP contribution in [-0.4, -0.2) is 5.11 Å². The maximum atomic E-state index is 9.99. The molecule has 0 heterocycles. The second-order valence-electron chi connectivity index (χ2n) is 3.39. The van der Waals surface area contributed by atoms with Gasteiger partial charge in [-0.3, -0.25) is 0 Å². The monoisotopic (exact) mass is 164 g/mol. The maximum absolute atomic E-state index is 9.99. The van der Waals surface area contributed by atoms with E-state index in [1.165, 1.54) is 0 Å². The van der Waals surface area contributed by atoms with Gasteiger partial charge in [-0.2, -0.15) is 0 Å². The normalized spacial score (nSPS) is 15.6. The Balaban J connectivity index is 2.82. The summed E-state index contributed by atoms with van der Waals surface area (Å²) >= 11 is 0. The second-order valence-corrected chi connectivity index (χ2v) is 3.39. The van der Waals surface area contributed by atoms with Crippen molar-refractivity contribution in [3.63, 3.8) is 0 Å². The molecular formula is C11H16O. The van der Waals surface area contributed by atoms with E-state index in [-0.39, 0.29) is 0 Å². The highest BCUT2D eigenvalue weighted by atomic mass is 16.3. The Bertz CT molecular complexity index is 226. The average Bonchev–Trinajstić information content (AvgIpc) is 2.06. The van der Waals surface area contributed by atoms with Crippen LogP contribution in [0.4, 0.5) is 0 Å². The molecule has 0 spiro atoms. The molecule has 1 heteroatoms. The van der Waals surface area contributed by atoms with Crippen molar-refractivity contribution in [3.8, 4) is 0 Å². The molecule has 12 heavy (non-hydrogen) atoms. The minimum atomic E-state index is -0.657. The lowest BCUT2D eigenvalue weighted by molar-refractivity contribution is 0.0470. The first-order valence-electron chi connectivity index (χ1n) is 4.44. The van der Waals surface area contributed by atoms with Crippen molar-refractivity contribution in [2.24, 2.45) is 0 Å². The van der Waals surface area contributed by atoms with Crippen molar-refractivity contribution in [2.75, 3.05) is 0 Å². The van der Waals surface area contributed by atoms with Crippen LogP contribution in [0.1, 0.15) is 32.3 Å². The van der Waals surface area contributed by atoms with Gasteiger partial charge in [0.2, 0.25) is 0 Å². The van der Waals surface area contributed by atoms with Gasteiger partial charge in [-0.15, -0.1) is 0 Å². The van der Waals surface area contributed by atoms with Crippen LogP contribution in [0.3, 0.4) is 0 Å². The molecule has 1 rings (SSSR count). The van der Waals surface area contributed by atoms with E-state index in [1.54, 1.807) is 0 Å². The number of hydrogen-bond donors (Lipinski definition) is 1. The van der Waals surface area contributed by atoms with Crippen LogP contribution in [0.2, 0.25) is 0 Å². The lowest BCUT2D eigenvalue weighted by Gasteiger charge is -2.22. The highest BCUT2D eigenvalue weighted by Crippen LogP contribution is 2.24. The zero-order valence-corrected chi connectivity index (χ0v) is 7.75. The van der Waals surface area contributed by atoms with E-state index in [9.17, 15) is 5.11 Å². The van der Waals surface area contributed by atoms with E-state index in [4.69, 9.17) is 0 Å². The summed E-state index contributed by atoms with van der Waals surface area (Å²) in [5.41, 5.74) is 0.350. The van der Waals surface area contributed by atoms with Crippen molar-refractivity contribution in [3.05, 3.63) is 35.9 Å². The SMILES string of the molecule is CCCC(C)(O)c1ccccc1. The molecule has 0 aliphatic heterocycles. The largest absolute Gasteiger partial charge is 0.385 e. The Kier molecular flexibility index (Phi) is 2.88. The van der Waals surface area contributed by atoms with Crippen molar-refractivity contribution in [1.29, 1.82) is 0 Å². The Morgan fingerprint density at radius 2 is 1.83 bits per heavy atom. The van der Waals surface area contributed by atoms with Crippen LogP contribution in [-0.2, 0) is 5.60 Å². The molecule has 66 valence electrons. The summed E-state index contributed by atoms with van der Waals surface area (Å²) in [6.45, 7) is 3.95. The summed E-state index contributed by atoms with van der Waals surface area (Å²) in [6, 6.07) is 9.82. The lowest BCUT2D eigenvalue weighted by atomic mass is 9.92. The third-order valence-corrected chi connectivity index (χ3v) is 2.13. The first kappa shape index (κ1) is 9.27. The fourth-order valence-corrected chi connectivity index (χ4v) is 1.43. The van der Waals surface area contributed by atoms with Crippen LogP contribution in [0.5, 0.6) is 0 Å². The van der Waals surface area contributed by atoms with Gasteiger partial charge < -0.3 is 5.11 Å². The fourth-order valence-electron chi connectivity index (χ4n) is 1.43. The molecule has 1 unspecified atom stereocenters. The van der Waals surface area contributed by atoms with E-state index in [0.29, 0.717) is 0 Å². The molecule has 0 radical (unpaired) electrons. The van der Waals surface area contributed by atoms with E-state index < -0.39 is 5.60 Å². The van der Waals surface area contributed by atoms with Crippen molar-refractivity contribution in [1.82, 2.24) is 0 Å². The Morgan fingerprint density at radius 1 is 1.25 bits per heavy atom. The van der Waals surface area contributed by atoms with Crippen molar-refractivity contribution < 1.29 is 5.11 Å². The standard InChI is InChI=1S/C11H16O/c1-3-9-11(2,12)10-7-5-4-6-8-10/h4-8,12H,3,9H2,1-2H3. The average molecular weight is 164 g/mol. The van der Waals surface area contributed by atoms with Gasteiger partial charge in [-0.25, -0.2) is 0 Å². The molecule has 0 aliphatic carbocycles. The number of benzene rings is 1. The van der Waals surface area contributed by atoms with Gasteiger partial charge in [0.1, 0.15) is 0 Å². The van der Waals surface area contributed by atoms with Crippen LogP contribution < -0.4 is 0 Å². The molecule has 0 aromatic heterocycles. The number of aliphatic hydroxyl groups is 1. The van der Waals surface area contributed by atoms with E-state index in [0.717, 1.165) is 18.4 Å². The predicted octanol–water partition coefficient (Wildman–Crippen LogP) is 2.69. The Labute approximate surface area is 74.1 Å². The van der Waals surface area contributed by atoms with Crippen molar-refractivity contribution in [2.45, 2.75) is 32.3 Å². The van der Waals surface area contributed by atoms with Crippen LogP contribution in [0, 0.1) is 0 Å². The molecule has 1 aromatic carbocycles. The summed E-state index contributed by atoms with van der Waals surface area (Å²) in [5, 5.41) is 9.99. The molecule has 0 aliphatic rings. The zero-order valence-electron chi connectivity index (χ0n) is 7.75. The topological polar surface area (TPSA) is 20.2 Å². The van der Waals surface area contributed by atoms with Crippen LogP contribution in [0.25, 0.3) is 0 Å². The fraction of sp³-hybridized carbons (Fsp3) is 0.455. The van der Waals surface area contributed by atoms with Crippen LogP contribution in [0.15, 0.2) is 30.3 Å². The smallest absolute Gasteiger partial charge is 0.0868 e. The molecule has 0 bridgehead atoms. The highest BCUT2D eigenvalue weighted by molar-refractivity contribution is 5.21. The lowest BCUT2D eigenvalue weighted by Crippen LogP contribution is -2.20. The van der Waals surface area contributed by atoms with Gasteiger partial charge >= 0.3 is 0 Å². The molecular weight excluding hydrogens is 148 g/mol. The van der Waals surface area contributed by atoms with Gasteiger partial charge in [0.05, 0.1) is 5.60 Å². The van der Waals surface area contributed by atoms with E-state index in [2.05, 4.69) is 6.92 Å². The third-order valence-electron chi connectivity index (χ3n) is 2.13. The van der Waals surface area contributed by atoms with Crippen molar-refractivity contribution >= 4 is 0 Å². The summed E-state index contributed by atoms with van der Waals surface area (Å²) in [5.74, 6) is 0. The Hall–Kier alpha value is -0.820. The minimum Gasteiger partial charge on any atom is -0.385 e. The van der Waals surface area contributed by atoms with Gasteiger partial charge in [0, 0.05) is 0 Å². The van der Waals surface area contributed by atoms with Gasteiger partial charge in [0.15, 0.2) is 0 Å². The number of rotatable bonds is 3. The number of hydrogen-bond acceptors (Lipinski definition) is 1. The molecule has 1 aromatic rings. The van der Waals surface area contributed by atoms with E-state index >= 15 is 0 Å². The first-order valence-corrected chi connectivity index (χ1v) is 4.44. The van der Waals surface area contributed by atoms with Crippen LogP contribution >= 0.6 is 0 Å². The first-order chi connectivity index (χ1) is 5.67. The molecule has 1 nitrogen and oxygen atoms in total. The van der Waals surface area contributed by atoms with Gasteiger partial charge in [-0.1, -0.05) is 43.7 Å². The second kappa shape index (κ2) is 3.72. The highest BCUT2D eigenvalue weighted by Gasteiger charge is 2.20. The quantitative estimate of drug-likeness (QED) is 0.728. The van der Waals surface area contributed by atoms with E-state index in [1.807, 2.05) is 37.3 Å². The zero-order chi connectivity index (χ0) is 9.03. The minimum absolute atomic E-state index is 0.657. The summed E-state index contributed by atoms with van der Waals surface area (Å²) in [4.78, 5) is 0. The summed E-state index contributed by atoms with van der Waals surface area (Å²) in [7, 11) is 0. The van der Waals surface area contributed by atoms with Gasteiger partial charge in [0.25, 0.3) is 0 Å². The summed E-state index contributed by atoms with van der Waals surface area (Å²) in [6.07, 6.45) is 1.82. The maximum Gasteiger partial charge on any atom is 0.0868 e. The third kappa shape index (κ3) is 2.08. The molecule has 1 atom stereocenters. The Morgan fingerprint density at radius 3 is 2.33 bits per heavy atom. The predicted molar refractivity (Wildman–Crippen MR) is 50.9 cm³/mol. The van der Waals surface area contributed by atoms with Gasteiger partial charge in [-0.05, 0) is 18.9 Å². The molecule has 0 saturated carbocycles. The molecule has 0 fully saturated rings. The molecule has 0 saturated heterocycles.